The molecule has 14 heteroatoms. The lowest BCUT2D eigenvalue weighted by Crippen LogP contribution is -2.59. The first-order chi connectivity index (χ1) is 29.3. The highest BCUT2D eigenvalue weighted by atomic mass is 17.2. The molecule has 13 rings (SSSR count). The van der Waals surface area contributed by atoms with Gasteiger partial charge in [-0.15, -0.1) is 0 Å². The summed E-state index contributed by atoms with van der Waals surface area (Å²) in [5.74, 6) is -2.15. The Morgan fingerprint density at radius 3 is 0.717 bits per heavy atom. The van der Waals surface area contributed by atoms with Gasteiger partial charge in [-0.2, -0.15) is 0 Å². The molecule has 5 aliphatic heterocycles. The minimum absolute atomic E-state index is 0.0138. The van der Waals surface area contributed by atoms with E-state index in [2.05, 4.69) is 31.2 Å². The summed E-state index contributed by atoms with van der Waals surface area (Å²) >= 11 is 0. The first kappa shape index (κ1) is 36.0. The van der Waals surface area contributed by atoms with E-state index in [1.807, 2.05) is 97.1 Å². The monoisotopic (exact) mass is 798 g/mol. The third kappa shape index (κ3) is 5.02. The molecule has 8 bridgehead atoms. The lowest BCUT2D eigenvalue weighted by Gasteiger charge is -2.53. The van der Waals surface area contributed by atoms with E-state index in [4.69, 9.17) is 19.6 Å². The summed E-state index contributed by atoms with van der Waals surface area (Å²) in [5.41, 5.74) is 0.851. The van der Waals surface area contributed by atoms with Gasteiger partial charge < -0.3 is 21.3 Å². The molecule has 2 aliphatic carbocycles. The molecule has 7 aliphatic rings. The number of amides is 4. The average Bonchev–Trinajstić information content (AvgIpc) is 3.31. The lowest BCUT2D eigenvalue weighted by atomic mass is 9.66. The first-order valence-electron chi connectivity index (χ1n) is 19.5. The predicted octanol–water partition coefficient (Wildman–Crippen LogP) is 4.03. The number of aromatic nitrogens is 2. The number of rotatable bonds is 0. The van der Waals surface area contributed by atoms with Crippen molar-refractivity contribution in [2.45, 2.75) is 22.4 Å². The van der Waals surface area contributed by atoms with E-state index < -0.39 is 46.0 Å². The third-order valence-corrected chi connectivity index (χ3v) is 12.3. The minimum Gasteiger partial charge on any atom is -0.347 e. The summed E-state index contributed by atoms with van der Waals surface area (Å²) < 4.78 is 0. The van der Waals surface area contributed by atoms with Gasteiger partial charge in [0.25, 0.3) is 23.6 Å². The summed E-state index contributed by atoms with van der Waals surface area (Å²) in [6.45, 7) is -0.225. The van der Waals surface area contributed by atoms with Crippen LogP contribution in [0.2, 0.25) is 0 Å². The van der Waals surface area contributed by atoms with Gasteiger partial charge in [0.1, 0.15) is 22.8 Å². The van der Waals surface area contributed by atoms with Crippen LogP contribution >= 0.6 is 0 Å². The fourth-order valence-corrected chi connectivity index (χ4v) is 9.41. The number of carbonyl (C=O) groups is 4. The molecule has 0 saturated heterocycles. The van der Waals surface area contributed by atoms with Crippen LogP contribution in [0.15, 0.2) is 133 Å². The molecule has 60 heavy (non-hydrogen) atoms. The SMILES string of the molecule is O=C1NCC23OOC(CNC(=O)c4cccc(n4)C(=O)NCC45OOC(CNC(=O)c6cccc1n6)(c1ccccc14)c1ccccc15)(c1ccccc12)c1ccccc13. The van der Waals surface area contributed by atoms with Crippen LogP contribution in [0.3, 0.4) is 0 Å². The molecular weight excluding hydrogens is 765 g/mol. The molecule has 6 aromatic rings. The maximum Gasteiger partial charge on any atom is 0.270 e. The number of pyridine rings is 2. The van der Waals surface area contributed by atoms with Crippen molar-refractivity contribution in [3.05, 3.63) is 201 Å². The molecule has 0 spiro atoms. The third-order valence-electron chi connectivity index (χ3n) is 12.3. The van der Waals surface area contributed by atoms with Crippen LogP contribution in [-0.2, 0) is 42.0 Å². The lowest BCUT2D eigenvalue weighted by molar-refractivity contribution is -0.425. The zero-order valence-corrected chi connectivity index (χ0v) is 31.7. The van der Waals surface area contributed by atoms with E-state index in [9.17, 15) is 19.2 Å². The number of nitrogens with one attached hydrogen (secondary N) is 4. The van der Waals surface area contributed by atoms with Gasteiger partial charge in [-0.05, 0) is 68.8 Å². The Morgan fingerprint density at radius 1 is 0.317 bits per heavy atom. The highest BCUT2D eigenvalue weighted by Crippen LogP contribution is 2.57. The Balaban J connectivity index is 1.01. The predicted molar refractivity (Wildman–Crippen MR) is 211 cm³/mol. The van der Waals surface area contributed by atoms with Crippen LogP contribution in [0, 0.1) is 0 Å². The van der Waals surface area contributed by atoms with Crippen LogP contribution in [0.5, 0.6) is 0 Å². The van der Waals surface area contributed by atoms with E-state index in [0.717, 1.165) is 44.5 Å². The summed E-state index contributed by atoms with van der Waals surface area (Å²) in [4.78, 5) is 89.8. The van der Waals surface area contributed by atoms with Crippen molar-refractivity contribution >= 4 is 23.6 Å². The maximum atomic E-state index is 13.9. The van der Waals surface area contributed by atoms with Crippen LogP contribution in [0.4, 0.5) is 0 Å². The molecule has 14 nitrogen and oxygen atoms in total. The molecule has 0 radical (unpaired) electrons. The smallest absolute Gasteiger partial charge is 0.270 e. The van der Waals surface area contributed by atoms with E-state index in [1.165, 1.54) is 24.3 Å². The Morgan fingerprint density at radius 2 is 0.517 bits per heavy atom. The Bertz CT molecular complexity index is 2360. The van der Waals surface area contributed by atoms with Gasteiger partial charge in [0.2, 0.25) is 0 Å². The standard InChI is InChI=1S/C46H34N6O8/c53-39-35-19-9-21-37(51-35)41(55)49-25-45-31-15-5-7-17-33(31)46(60-59-45,34-18-8-6-16-32(34)45)26-50-42(56)38-22-10-20-36(52-38)40(54)48-24-44-28-12-2-1-11-27(28)43(23-47-39,57-58-44)29-13-3-4-14-30(29)44/h1-22H,23-26H2,(H,47,53)(H,48,54)(H,49,55)(H,50,56). The van der Waals surface area contributed by atoms with Gasteiger partial charge in [-0.3, -0.25) is 19.2 Å². The van der Waals surface area contributed by atoms with Crippen molar-refractivity contribution in [3.8, 4) is 0 Å². The van der Waals surface area contributed by atoms with Crippen molar-refractivity contribution in [1.29, 1.82) is 0 Å². The maximum absolute atomic E-state index is 13.9. The quantitative estimate of drug-likeness (QED) is 0.164. The number of nitrogens with zero attached hydrogens (tertiary/aromatic N) is 2. The van der Waals surface area contributed by atoms with Crippen LogP contribution in [0.25, 0.3) is 0 Å². The van der Waals surface area contributed by atoms with Crippen LogP contribution < -0.4 is 21.3 Å². The minimum atomic E-state index is -1.27. The highest BCUT2D eigenvalue weighted by Gasteiger charge is 2.61. The zero-order chi connectivity index (χ0) is 40.7. The number of fused-ring (bicyclic) bond motifs is 4. The second-order valence-electron chi connectivity index (χ2n) is 15.4. The molecule has 0 fully saturated rings. The number of hydrogen-bond donors (Lipinski definition) is 4. The highest BCUT2D eigenvalue weighted by molar-refractivity contribution is 5.97. The molecule has 4 amide bonds. The molecule has 4 N–H and O–H groups in total. The number of hydrogen-bond acceptors (Lipinski definition) is 10. The molecule has 0 saturated carbocycles. The summed E-state index contributed by atoms with van der Waals surface area (Å²) in [7, 11) is 0. The van der Waals surface area contributed by atoms with Gasteiger partial charge in [0.05, 0.1) is 26.2 Å². The number of benzene rings is 4. The molecule has 4 aromatic carbocycles. The molecule has 0 atom stereocenters. The fraction of sp³-hybridized carbons (Fsp3) is 0.174. The average molecular weight is 799 g/mol. The first-order valence-corrected chi connectivity index (χ1v) is 19.5. The van der Waals surface area contributed by atoms with Crippen molar-refractivity contribution < 1.29 is 38.7 Å². The molecule has 296 valence electrons. The second-order valence-corrected chi connectivity index (χ2v) is 15.4. The normalized spacial score (nSPS) is 26.4. The van der Waals surface area contributed by atoms with Crippen molar-refractivity contribution in [3.63, 3.8) is 0 Å². The Kier molecular flexibility index (Phi) is 7.93. The Labute approximate surface area is 342 Å². The fourth-order valence-electron chi connectivity index (χ4n) is 9.41. The summed E-state index contributed by atoms with van der Waals surface area (Å²) in [5, 5.41) is 11.9. The summed E-state index contributed by atoms with van der Waals surface area (Å²) in [6.07, 6.45) is 0. The van der Waals surface area contributed by atoms with Gasteiger partial charge in [-0.25, -0.2) is 29.5 Å². The second kappa shape index (κ2) is 13.2. The van der Waals surface area contributed by atoms with Gasteiger partial charge in [0.15, 0.2) is 22.4 Å². The largest absolute Gasteiger partial charge is 0.347 e. The van der Waals surface area contributed by atoms with E-state index >= 15 is 0 Å². The van der Waals surface area contributed by atoms with Crippen molar-refractivity contribution in [2.24, 2.45) is 0 Å². The zero-order valence-electron chi connectivity index (χ0n) is 31.7. The van der Waals surface area contributed by atoms with Gasteiger partial charge in [0, 0.05) is 0 Å². The van der Waals surface area contributed by atoms with E-state index in [1.54, 1.807) is 12.1 Å². The molecular formula is C46H34N6O8. The van der Waals surface area contributed by atoms with Crippen LogP contribution in [0.1, 0.15) is 86.5 Å². The van der Waals surface area contributed by atoms with Crippen molar-refractivity contribution in [2.75, 3.05) is 26.2 Å². The molecule has 0 unspecified atom stereocenters. The topological polar surface area (TPSA) is 179 Å². The van der Waals surface area contributed by atoms with Gasteiger partial charge in [-0.1, -0.05) is 109 Å². The molecule has 7 heterocycles. The van der Waals surface area contributed by atoms with Crippen LogP contribution in [-0.4, -0.2) is 59.8 Å². The van der Waals surface area contributed by atoms with Crippen molar-refractivity contribution in [1.82, 2.24) is 31.2 Å². The number of carbonyl (C=O) groups excluding carboxylic acids is 4. The molecule has 2 aromatic heterocycles. The van der Waals surface area contributed by atoms with E-state index in [-0.39, 0.29) is 49.0 Å². The Hall–Kier alpha value is -7.10. The van der Waals surface area contributed by atoms with E-state index in [0.29, 0.717) is 0 Å². The summed E-state index contributed by atoms with van der Waals surface area (Å²) in [6, 6.07) is 39.5. The van der Waals surface area contributed by atoms with Gasteiger partial charge >= 0.3 is 0 Å².